The molecule has 5 nitrogen and oxygen atoms in total. The molecule has 1 aromatic rings. The maximum Gasteiger partial charge on any atom is 0.433 e. The third-order valence-corrected chi connectivity index (χ3v) is 2.75. The lowest BCUT2D eigenvalue weighted by atomic mass is 10.2. The summed E-state index contributed by atoms with van der Waals surface area (Å²) in [5.74, 6) is 0.0550. The lowest BCUT2D eigenvalue weighted by molar-refractivity contribution is -0.141. The van der Waals surface area contributed by atoms with Gasteiger partial charge in [-0.2, -0.15) is 23.4 Å². The number of hydrogen-bond acceptors (Lipinski definition) is 5. The number of nitrogens with one attached hydrogen (secondary N) is 1. The van der Waals surface area contributed by atoms with E-state index in [1.165, 1.54) is 4.90 Å². The fourth-order valence-electron chi connectivity index (χ4n) is 1.49. The Hall–Kier alpha value is -2.04. The van der Waals surface area contributed by atoms with Gasteiger partial charge >= 0.3 is 6.18 Å². The van der Waals surface area contributed by atoms with E-state index in [-0.39, 0.29) is 24.2 Å². The Morgan fingerprint density at radius 3 is 2.60 bits per heavy atom. The van der Waals surface area contributed by atoms with Crippen LogP contribution >= 0.6 is 0 Å². The average molecular weight is 287 g/mol. The Kier molecular flexibility index (Phi) is 5.13. The topological polar surface area (TPSA) is 64.8 Å². The molecule has 1 atom stereocenters. The number of nitriles is 1. The third kappa shape index (κ3) is 3.98. The molecule has 1 aromatic heterocycles. The van der Waals surface area contributed by atoms with Crippen molar-refractivity contribution in [3.63, 3.8) is 0 Å². The molecule has 1 heterocycles. The van der Waals surface area contributed by atoms with Gasteiger partial charge in [-0.25, -0.2) is 4.98 Å². The molecule has 110 valence electrons. The van der Waals surface area contributed by atoms with Crippen molar-refractivity contribution >= 4 is 11.8 Å². The van der Waals surface area contributed by atoms with Crippen molar-refractivity contribution in [3.8, 4) is 6.07 Å². The summed E-state index contributed by atoms with van der Waals surface area (Å²) in [4.78, 5) is 9.01. The Balaban J connectivity index is 3.18. The maximum absolute atomic E-state index is 12.8. The lowest BCUT2D eigenvalue weighted by Crippen LogP contribution is -2.30. The molecule has 0 spiro atoms. The van der Waals surface area contributed by atoms with E-state index in [4.69, 9.17) is 5.26 Å². The van der Waals surface area contributed by atoms with Crippen molar-refractivity contribution in [3.05, 3.63) is 11.8 Å². The summed E-state index contributed by atoms with van der Waals surface area (Å²) in [5.41, 5.74) is -1.01. The van der Waals surface area contributed by atoms with Crippen LogP contribution in [0.2, 0.25) is 0 Å². The minimum absolute atomic E-state index is 0.0756. The van der Waals surface area contributed by atoms with Crippen molar-refractivity contribution < 1.29 is 13.2 Å². The zero-order valence-electron chi connectivity index (χ0n) is 11.5. The number of nitrogens with zero attached hydrogens (tertiary/aromatic N) is 4. The van der Waals surface area contributed by atoms with Gasteiger partial charge in [-0.15, -0.1) is 0 Å². The minimum Gasteiger partial charge on any atom is -0.356 e. The molecule has 0 aliphatic carbocycles. The number of alkyl halides is 3. The number of rotatable bonds is 5. The molecular weight excluding hydrogens is 271 g/mol. The summed E-state index contributed by atoms with van der Waals surface area (Å²) < 4.78 is 38.4. The van der Waals surface area contributed by atoms with Crippen LogP contribution in [0.15, 0.2) is 6.07 Å². The molecule has 1 rings (SSSR count). The Bertz CT molecular complexity index is 495. The largest absolute Gasteiger partial charge is 0.433 e. The zero-order valence-corrected chi connectivity index (χ0v) is 11.5. The van der Waals surface area contributed by atoms with Crippen LogP contribution in [0.4, 0.5) is 24.9 Å². The first kappa shape index (κ1) is 16.0. The van der Waals surface area contributed by atoms with Gasteiger partial charge in [0.2, 0.25) is 5.95 Å². The highest BCUT2D eigenvalue weighted by molar-refractivity contribution is 5.45. The molecule has 1 unspecified atom stereocenters. The normalized spacial score (nSPS) is 12.7. The lowest BCUT2D eigenvalue weighted by Gasteiger charge is -2.25. The van der Waals surface area contributed by atoms with Crippen molar-refractivity contribution in [1.29, 1.82) is 5.26 Å². The van der Waals surface area contributed by atoms with E-state index in [1.54, 1.807) is 20.9 Å². The molecule has 0 saturated carbocycles. The third-order valence-electron chi connectivity index (χ3n) is 2.75. The number of aromatic nitrogens is 2. The van der Waals surface area contributed by atoms with E-state index in [0.717, 1.165) is 6.07 Å². The Morgan fingerprint density at radius 1 is 1.45 bits per heavy atom. The van der Waals surface area contributed by atoms with Gasteiger partial charge in [-0.3, -0.25) is 0 Å². The van der Waals surface area contributed by atoms with Crippen LogP contribution < -0.4 is 10.2 Å². The van der Waals surface area contributed by atoms with E-state index in [1.807, 2.05) is 6.07 Å². The van der Waals surface area contributed by atoms with Crippen LogP contribution in [-0.4, -0.2) is 29.6 Å². The summed E-state index contributed by atoms with van der Waals surface area (Å²) in [6, 6.07) is 2.62. The second-order valence-corrected chi connectivity index (χ2v) is 4.29. The Morgan fingerprint density at radius 2 is 2.10 bits per heavy atom. The standard InChI is InChI=1S/C12H16F3N5/c1-4-17-11-18-9(12(13,14)15)7-10(19-11)20(3)8(2)5-6-16/h7-8H,4-5H2,1-3H3,(H,17,18,19). The van der Waals surface area contributed by atoms with E-state index in [0.29, 0.717) is 6.54 Å². The molecule has 0 aliphatic rings. The molecule has 0 aromatic carbocycles. The van der Waals surface area contributed by atoms with Gasteiger partial charge < -0.3 is 10.2 Å². The summed E-state index contributed by atoms with van der Waals surface area (Å²) >= 11 is 0. The predicted molar refractivity (Wildman–Crippen MR) is 69.3 cm³/mol. The summed E-state index contributed by atoms with van der Waals surface area (Å²) in [7, 11) is 1.60. The van der Waals surface area contributed by atoms with Gasteiger partial charge in [0, 0.05) is 25.7 Å². The average Bonchev–Trinajstić information content (AvgIpc) is 2.37. The first-order chi connectivity index (χ1) is 9.29. The molecule has 0 aliphatic heterocycles. The van der Waals surface area contributed by atoms with Gasteiger partial charge in [0.25, 0.3) is 0 Å². The van der Waals surface area contributed by atoms with Crippen LogP contribution in [0, 0.1) is 11.3 Å². The highest BCUT2D eigenvalue weighted by Crippen LogP contribution is 2.30. The Labute approximate surface area is 115 Å². The summed E-state index contributed by atoms with van der Waals surface area (Å²) in [6.07, 6.45) is -4.35. The first-order valence-electron chi connectivity index (χ1n) is 6.09. The van der Waals surface area contributed by atoms with Gasteiger partial charge in [0.05, 0.1) is 12.5 Å². The molecule has 8 heteroatoms. The van der Waals surface area contributed by atoms with E-state index in [9.17, 15) is 13.2 Å². The van der Waals surface area contributed by atoms with Crippen LogP contribution in [0.1, 0.15) is 26.0 Å². The van der Waals surface area contributed by atoms with Gasteiger partial charge in [-0.05, 0) is 13.8 Å². The fraction of sp³-hybridized carbons (Fsp3) is 0.583. The molecular formula is C12H16F3N5. The number of anilines is 2. The SMILES string of the molecule is CCNc1nc(N(C)C(C)CC#N)cc(C(F)(F)F)n1. The molecule has 0 saturated heterocycles. The highest BCUT2D eigenvalue weighted by atomic mass is 19.4. The van der Waals surface area contributed by atoms with Gasteiger partial charge in [-0.1, -0.05) is 0 Å². The molecule has 0 amide bonds. The monoisotopic (exact) mass is 287 g/mol. The molecule has 0 bridgehead atoms. The molecule has 0 fully saturated rings. The highest BCUT2D eigenvalue weighted by Gasteiger charge is 2.34. The van der Waals surface area contributed by atoms with Crippen LogP contribution in [-0.2, 0) is 6.18 Å². The second-order valence-electron chi connectivity index (χ2n) is 4.29. The van der Waals surface area contributed by atoms with Crippen LogP contribution in [0.5, 0.6) is 0 Å². The van der Waals surface area contributed by atoms with Crippen LogP contribution in [0.25, 0.3) is 0 Å². The predicted octanol–water partition coefficient (Wildman–Crippen LogP) is 2.67. The van der Waals surface area contributed by atoms with Crippen molar-refractivity contribution in [2.75, 3.05) is 23.8 Å². The van der Waals surface area contributed by atoms with Crippen molar-refractivity contribution in [2.24, 2.45) is 0 Å². The summed E-state index contributed by atoms with van der Waals surface area (Å²) in [5, 5.41) is 11.3. The van der Waals surface area contributed by atoms with Crippen molar-refractivity contribution in [1.82, 2.24) is 9.97 Å². The zero-order chi connectivity index (χ0) is 15.3. The fourth-order valence-corrected chi connectivity index (χ4v) is 1.49. The van der Waals surface area contributed by atoms with Gasteiger partial charge in [0.15, 0.2) is 5.69 Å². The first-order valence-corrected chi connectivity index (χ1v) is 6.09. The minimum atomic E-state index is -4.54. The molecule has 1 N–H and O–H groups in total. The maximum atomic E-state index is 12.8. The van der Waals surface area contributed by atoms with E-state index < -0.39 is 11.9 Å². The quantitative estimate of drug-likeness (QED) is 0.902. The number of halogens is 3. The van der Waals surface area contributed by atoms with Crippen LogP contribution in [0.3, 0.4) is 0 Å². The van der Waals surface area contributed by atoms with E-state index >= 15 is 0 Å². The summed E-state index contributed by atoms with van der Waals surface area (Å²) in [6.45, 7) is 3.90. The second kappa shape index (κ2) is 6.41. The smallest absolute Gasteiger partial charge is 0.356 e. The molecule has 0 radical (unpaired) electrons. The number of hydrogen-bond donors (Lipinski definition) is 1. The van der Waals surface area contributed by atoms with Crippen molar-refractivity contribution in [2.45, 2.75) is 32.5 Å². The molecule has 20 heavy (non-hydrogen) atoms. The van der Waals surface area contributed by atoms with E-state index in [2.05, 4.69) is 15.3 Å². The van der Waals surface area contributed by atoms with Gasteiger partial charge in [0.1, 0.15) is 5.82 Å².